The van der Waals surface area contributed by atoms with Crippen molar-refractivity contribution in [3.05, 3.63) is 36.7 Å². The Morgan fingerprint density at radius 3 is 2.90 bits per heavy atom. The van der Waals surface area contributed by atoms with E-state index < -0.39 is 16.2 Å². The number of fused-ring (bicyclic) bond motifs is 1. The van der Waals surface area contributed by atoms with Crippen molar-refractivity contribution in [1.82, 2.24) is 9.29 Å². The van der Waals surface area contributed by atoms with Crippen LogP contribution in [0.4, 0.5) is 0 Å². The number of rotatable bonds is 2. The second-order valence-electron chi connectivity index (χ2n) is 5.03. The number of sulfonamides is 1. The highest BCUT2D eigenvalue weighted by Gasteiger charge is 2.32. The van der Waals surface area contributed by atoms with Crippen LogP contribution in [0.3, 0.4) is 0 Å². The van der Waals surface area contributed by atoms with E-state index in [4.69, 9.17) is 5.73 Å². The van der Waals surface area contributed by atoms with Gasteiger partial charge in [0.1, 0.15) is 0 Å². The Morgan fingerprint density at radius 1 is 1.25 bits per heavy atom. The normalized spacial score (nSPS) is 21.1. The molecule has 1 fully saturated rings. The molecule has 1 aromatic heterocycles. The molecule has 0 aliphatic carbocycles. The summed E-state index contributed by atoms with van der Waals surface area (Å²) < 4.78 is 27.1. The van der Waals surface area contributed by atoms with Gasteiger partial charge in [0.2, 0.25) is 10.0 Å². The molecular weight excluding hydrogens is 274 g/mol. The second-order valence-corrected chi connectivity index (χ2v) is 6.89. The Kier molecular flexibility index (Phi) is 3.45. The summed E-state index contributed by atoms with van der Waals surface area (Å²) in [6, 6.07) is 6.97. The van der Waals surface area contributed by atoms with Gasteiger partial charge in [0, 0.05) is 29.7 Å². The van der Waals surface area contributed by atoms with E-state index in [1.165, 1.54) is 4.31 Å². The third-order valence-electron chi connectivity index (χ3n) is 3.73. The Morgan fingerprint density at radius 2 is 2.10 bits per heavy atom. The maximum absolute atomic E-state index is 12.8. The minimum Gasteiger partial charge on any atom is -0.315 e. The van der Waals surface area contributed by atoms with E-state index in [-0.39, 0.29) is 0 Å². The van der Waals surface area contributed by atoms with Crippen LogP contribution < -0.4 is 5.73 Å². The molecule has 3 rings (SSSR count). The van der Waals surface area contributed by atoms with Crippen LogP contribution >= 0.6 is 0 Å². The first-order valence-electron chi connectivity index (χ1n) is 6.71. The molecule has 2 aromatic rings. The summed E-state index contributed by atoms with van der Waals surface area (Å²) in [6.07, 6.45) is 5.41. The lowest BCUT2D eigenvalue weighted by Crippen LogP contribution is -2.48. The molecule has 1 unspecified atom stereocenters. The van der Waals surface area contributed by atoms with Crippen LogP contribution in [0.5, 0.6) is 0 Å². The highest BCUT2D eigenvalue weighted by molar-refractivity contribution is 7.89. The molecule has 0 amide bonds. The van der Waals surface area contributed by atoms with Gasteiger partial charge in [-0.05, 0) is 31.4 Å². The topological polar surface area (TPSA) is 76.3 Å². The van der Waals surface area contributed by atoms with E-state index in [9.17, 15) is 8.42 Å². The monoisotopic (exact) mass is 291 g/mol. The van der Waals surface area contributed by atoms with Crippen LogP contribution in [0, 0.1) is 0 Å². The largest absolute Gasteiger partial charge is 0.315 e. The number of benzene rings is 1. The minimum atomic E-state index is -3.56. The van der Waals surface area contributed by atoms with Gasteiger partial charge in [-0.2, -0.15) is 4.31 Å². The lowest BCUT2D eigenvalue weighted by Gasteiger charge is -2.32. The third kappa shape index (κ3) is 2.19. The fraction of sp³-hybridized carbons (Fsp3) is 0.357. The van der Waals surface area contributed by atoms with Crippen molar-refractivity contribution in [3.8, 4) is 0 Å². The standard InChI is InChI=1S/C14H17N3O2S/c15-14-6-1-2-9-17(14)20(18,19)13-5-3-4-11-10-16-8-7-12(11)13/h3-5,7-8,10,14H,1-2,6,9,15H2. The molecule has 0 radical (unpaired) electrons. The highest BCUT2D eigenvalue weighted by Crippen LogP contribution is 2.28. The number of hydrogen-bond acceptors (Lipinski definition) is 4. The van der Waals surface area contributed by atoms with Gasteiger partial charge in [-0.15, -0.1) is 0 Å². The molecule has 2 N–H and O–H groups in total. The summed E-state index contributed by atoms with van der Waals surface area (Å²) in [7, 11) is -3.56. The lowest BCUT2D eigenvalue weighted by molar-refractivity contribution is 0.258. The number of hydrogen-bond donors (Lipinski definition) is 1. The zero-order valence-electron chi connectivity index (χ0n) is 11.1. The van der Waals surface area contributed by atoms with Crippen LogP contribution in [-0.2, 0) is 10.0 Å². The molecule has 0 bridgehead atoms. The van der Waals surface area contributed by atoms with Crippen molar-refractivity contribution in [2.75, 3.05) is 6.54 Å². The first kappa shape index (κ1) is 13.5. The summed E-state index contributed by atoms with van der Waals surface area (Å²) >= 11 is 0. The molecule has 6 heteroatoms. The maximum atomic E-state index is 12.8. The number of piperidine rings is 1. The van der Waals surface area contributed by atoms with Crippen molar-refractivity contribution >= 4 is 20.8 Å². The van der Waals surface area contributed by atoms with Crippen LogP contribution in [0.15, 0.2) is 41.6 Å². The third-order valence-corrected chi connectivity index (χ3v) is 5.71. The van der Waals surface area contributed by atoms with Gasteiger partial charge in [-0.1, -0.05) is 12.1 Å². The Labute approximate surface area is 118 Å². The van der Waals surface area contributed by atoms with Crippen molar-refractivity contribution in [3.63, 3.8) is 0 Å². The number of pyridine rings is 1. The zero-order chi connectivity index (χ0) is 14.2. The Hall–Kier alpha value is -1.50. The van der Waals surface area contributed by atoms with Crippen molar-refractivity contribution < 1.29 is 8.42 Å². The van der Waals surface area contributed by atoms with Crippen LogP contribution in [0.1, 0.15) is 19.3 Å². The molecule has 106 valence electrons. The molecule has 0 saturated carbocycles. The average Bonchev–Trinajstić information content (AvgIpc) is 2.47. The highest BCUT2D eigenvalue weighted by atomic mass is 32.2. The van der Waals surface area contributed by atoms with Crippen molar-refractivity contribution in [1.29, 1.82) is 0 Å². The van der Waals surface area contributed by atoms with Gasteiger partial charge in [0.05, 0.1) is 11.1 Å². The average molecular weight is 291 g/mol. The molecule has 1 atom stereocenters. The van der Waals surface area contributed by atoms with Gasteiger partial charge in [-0.3, -0.25) is 4.98 Å². The molecule has 20 heavy (non-hydrogen) atoms. The molecule has 1 aliphatic rings. The number of aromatic nitrogens is 1. The zero-order valence-corrected chi connectivity index (χ0v) is 11.9. The number of nitrogens with zero attached hydrogens (tertiary/aromatic N) is 2. The van der Waals surface area contributed by atoms with Gasteiger partial charge < -0.3 is 5.73 Å². The van der Waals surface area contributed by atoms with E-state index in [0.29, 0.717) is 23.2 Å². The van der Waals surface area contributed by atoms with E-state index in [0.717, 1.165) is 18.2 Å². The fourth-order valence-electron chi connectivity index (χ4n) is 2.67. The molecule has 0 spiro atoms. The van der Waals surface area contributed by atoms with Crippen molar-refractivity contribution in [2.45, 2.75) is 30.3 Å². The molecule has 1 saturated heterocycles. The van der Waals surface area contributed by atoms with Crippen LogP contribution in [-0.4, -0.2) is 30.4 Å². The molecule has 1 aromatic carbocycles. The molecule has 1 aliphatic heterocycles. The molecule has 5 nitrogen and oxygen atoms in total. The first-order chi connectivity index (χ1) is 9.60. The van der Waals surface area contributed by atoms with E-state index >= 15 is 0 Å². The summed E-state index contributed by atoms with van der Waals surface area (Å²) in [6.45, 7) is 0.491. The van der Waals surface area contributed by atoms with Crippen LogP contribution in [0.25, 0.3) is 10.8 Å². The van der Waals surface area contributed by atoms with Gasteiger partial charge >= 0.3 is 0 Å². The first-order valence-corrected chi connectivity index (χ1v) is 8.15. The fourth-order valence-corrected chi connectivity index (χ4v) is 4.47. The quantitative estimate of drug-likeness (QED) is 0.913. The van der Waals surface area contributed by atoms with Gasteiger partial charge in [0.25, 0.3) is 0 Å². The summed E-state index contributed by atoms with van der Waals surface area (Å²) in [5.41, 5.74) is 5.98. The van der Waals surface area contributed by atoms with E-state index in [2.05, 4.69) is 4.98 Å². The van der Waals surface area contributed by atoms with Crippen molar-refractivity contribution in [2.24, 2.45) is 5.73 Å². The second kappa shape index (κ2) is 5.12. The molecule has 2 heterocycles. The Balaban J connectivity index is 2.14. The SMILES string of the molecule is NC1CCCCN1S(=O)(=O)c1cccc2cnccc12. The van der Waals surface area contributed by atoms with E-state index in [1.54, 1.807) is 30.6 Å². The van der Waals surface area contributed by atoms with Gasteiger partial charge in [-0.25, -0.2) is 8.42 Å². The summed E-state index contributed by atoms with van der Waals surface area (Å²) in [5.74, 6) is 0. The molecular formula is C14H17N3O2S. The summed E-state index contributed by atoms with van der Waals surface area (Å²) in [4.78, 5) is 4.34. The summed E-state index contributed by atoms with van der Waals surface area (Å²) in [5, 5.41) is 1.51. The maximum Gasteiger partial charge on any atom is 0.245 e. The van der Waals surface area contributed by atoms with Gasteiger partial charge in [0.15, 0.2) is 0 Å². The van der Waals surface area contributed by atoms with Crippen LogP contribution in [0.2, 0.25) is 0 Å². The van der Waals surface area contributed by atoms with E-state index in [1.807, 2.05) is 6.07 Å². The number of nitrogens with two attached hydrogens (primary N) is 1. The minimum absolute atomic E-state index is 0.315. The predicted octanol–water partition coefficient (Wildman–Crippen LogP) is 1.69. The predicted molar refractivity (Wildman–Crippen MR) is 77.5 cm³/mol. The lowest BCUT2D eigenvalue weighted by atomic mass is 10.1. The smallest absolute Gasteiger partial charge is 0.245 e. The Bertz CT molecular complexity index is 725.